The molecule has 2 atom stereocenters. The lowest BCUT2D eigenvalue weighted by Crippen LogP contribution is -2.46. The van der Waals surface area contributed by atoms with Crippen LogP contribution in [-0.4, -0.2) is 66.4 Å². The van der Waals surface area contributed by atoms with E-state index >= 15 is 0 Å². The minimum atomic E-state index is -0.354. The molecule has 0 unspecified atom stereocenters. The van der Waals surface area contributed by atoms with Gasteiger partial charge < -0.3 is 15.2 Å². The molecule has 1 amide bonds. The maximum absolute atomic E-state index is 11.4. The number of nitrogens with zero attached hydrogens (tertiary/aromatic N) is 2. The number of aliphatic hydroxyl groups excluding tert-OH is 1. The van der Waals surface area contributed by atoms with Gasteiger partial charge in [0, 0.05) is 30.8 Å². The second-order valence-corrected chi connectivity index (χ2v) is 6.71. The molecule has 6 nitrogen and oxygen atoms in total. The zero-order valence-electron chi connectivity index (χ0n) is 14.3. The minimum absolute atomic E-state index is 0.0489. The average Bonchev–Trinajstić information content (AvgIpc) is 3.06. The van der Waals surface area contributed by atoms with E-state index < -0.39 is 0 Å². The van der Waals surface area contributed by atoms with E-state index in [0.29, 0.717) is 32.0 Å². The molecule has 3 rings (SSSR count). The molecule has 1 aromatic heterocycles. The fraction of sp³-hybridized carbons (Fsp3) is 0.667. The molecule has 132 valence electrons. The van der Waals surface area contributed by atoms with Gasteiger partial charge in [-0.3, -0.25) is 14.7 Å². The number of likely N-dealkylation sites (tertiary alicyclic amines) is 1. The Morgan fingerprint density at radius 2 is 2.17 bits per heavy atom. The van der Waals surface area contributed by atoms with Crippen LogP contribution < -0.4 is 5.32 Å². The van der Waals surface area contributed by atoms with Crippen molar-refractivity contribution in [2.45, 2.75) is 43.7 Å². The number of aliphatic hydroxyl groups is 1. The SMILES string of the molecule is CNC(=O)CCc1cccc(C2CCN([C@@H]3COC[C@H]3O)CC2)n1. The zero-order chi connectivity index (χ0) is 16.9. The number of rotatable bonds is 5. The molecule has 0 saturated carbocycles. The van der Waals surface area contributed by atoms with Crippen molar-refractivity contribution in [3.05, 3.63) is 29.6 Å². The van der Waals surface area contributed by atoms with Gasteiger partial charge in [-0.2, -0.15) is 0 Å². The van der Waals surface area contributed by atoms with Crippen molar-refractivity contribution in [1.29, 1.82) is 0 Å². The maximum Gasteiger partial charge on any atom is 0.220 e. The van der Waals surface area contributed by atoms with Gasteiger partial charge in [-0.05, 0) is 44.5 Å². The summed E-state index contributed by atoms with van der Waals surface area (Å²) in [6, 6.07) is 6.28. The van der Waals surface area contributed by atoms with Gasteiger partial charge in [0.15, 0.2) is 0 Å². The Bertz CT molecular complexity index is 558. The van der Waals surface area contributed by atoms with Crippen LogP contribution in [-0.2, 0) is 16.0 Å². The predicted octanol–water partition coefficient (Wildman–Crippen LogP) is 0.699. The van der Waals surface area contributed by atoms with Crippen molar-refractivity contribution in [2.75, 3.05) is 33.4 Å². The van der Waals surface area contributed by atoms with E-state index in [2.05, 4.69) is 16.3 Å². The Kier molecular flexibility index (Phi) is 5.81. The summed E-state index contributed by atoms with van der Waals surface area (Å²) in [4.78, 5) is 18.5. The lowest BCUT2D eigenvalue weighted by Gasteiger charge is -2.36. The first-order chi connectivity index (χ1) is 11.7. The third-order valence-electron chi connectivity index (χ3n) is 5.15. The maximum atomic E-state index is 11.4. The van der Waals surface area contributed by atoms with Crippen LogP contribution in [0.2, 0.25) is 0 Å². The number of amides is 1. The van der Waals surface area contributed by atoms with E-state index in [4.69, 9.17) is 9.72 Å². The molecule has 24 heavy (non-hydrogen) atoms. The topological polar surface area (TPSA) is 74.7 Å². The van der Waals surface area contributed by atoms with E-state index in [1.165, 1.54) is 0 Å². The molecular weight excluding hydrogens is 306 g/mol. The summed E-state index contributed by atoms with van der Waals surface area (Å²) in [6.45, 7) is 3.04. The highest BCUT2D eigenvalue weighted by Crippen LogP contribution is 2.29. The van der Waals surface area contributed by atoms with Crippen molar-refractivity contribution in [3.63, 3.8) is 0 Å². The predicted molar refractivity (Wildman–Crippen MR) is 90.8 cm³/mol. The second kappa shape index (κ2) is 8.05. The molecular formula is C18H27N3O3. The monoisotopic (exact) mass is 333 g/mol. The number of nitrogens with one attached hydrogen (secondary N) is 1. The normalized spacial score (nSPS) is 25.8. The Hall–Kier alpha value is -1.50. The van der Waals surface area contributed by atoms with E-state index in [0.717, 1.165) is 37.3 Å². The van der Waals surface area contributed by atoms with Gasteiger partial charge in [0.05, 0.1) is 25.4 Å². The van der Waals surface area contributed by atoms with Gasteiger partial charge in [0.1, 0.15) is 0 Å². The smallest absolute Gasteiger partial charge is 0.220 e. The van der Waals surface area contributed by atoms with Crippen LogP contribution in [0.25, 0.3) is 0 Å². The molecule has 0 bridgehead atoms. The Morgan fingerprint density at radius 3 is 2.83 bits per heavy atom. The Morgan fingerprint density at radius 1 is 1.38 bits per heavy atom. The van der Waals surface area contributed by atoms with Gasteiger partial charge in [-0.15, -0.1) is 0 Å². The lowest BCUT2D eigenvalue weighted by atomic mass is 9.91. The number of hydrogen-bond acceptors (Lipinski definition) is 5. The summed E-state index contributed by atoms with van der Waals surface area (Å²) >= 11 is 0. The van der Waals surface area contributed by atoms with Crippen LogP contribution in [0.5, 0.6) is 0 Å². The van der Waals surface area contributed by atoms with Crippen LogP contribution in [0, 0.1) is 0 Å². The molecule has 6 heteroatoms. The van der Waals surface area contributed by atoms with Gasteiger partial charge in [0.2, 0.25) is 5.91 Å². The number of pyridine rings is 1. The summed E-state index contributed by atoms with van der Waals surface area (Å²) in [5.74, 6) is 0.508. The molecule has 3 heterocycles. The number of carbonyl (C=O) groups is 1. The molecule has 2 N–H and O–H groups in total. The molecule has 2 aliphatic rings. The van der Waals surface area contributed by atoms with Crippen LogP contribution in [0.4, 0.5) is 0 Å². The van der Waals surface area contributed by atoms with E-state index in [-0.39, 0.29) is 18.1 Å². The van der Waals surface area contributed by atoms with E-state index in [9.17, 15) is 9.90 Å². The van der Waals surface area contributed by atoms with E-state index in [1.54, 1.807) is 7.05 Å². The number of carbonyl (C=O) groups excluding carboxylic acids is 1. The van der Waals surface area contributed by atoms with Crippen molar-refractivity contribution in [3.8, 4) is 0 Å². The molecule has 2 fully saturated rings. The summed E-state index contributed by atoms with van der Waals surface area (Å²) < 4.78 is 5.37. The summed E-state index contributed by atoms with van der Waals surface area (Å²) in [5.41, 5.74) is 2.12. The minimum Gasteiger partial charge on any atom is -0.389 e. The van der Waals surface area contributed by atoms with Crippen LogP contribution in [0.15, 0.2) is 18.2 Å². The van der Waals surface area contributed by atoms with Gasteiger partial charge in [-0.25, -0.2) is 0 Å². The standard InChI is InChI=1S/C18H27N3O3/c1-19-18(23)6-5-14-3-2-4-15(20-14)13-7-9-21(10-8-13)16-11-24-12-17(16)22/h2-4,13,16-17,22H,5-12H2,1H3,(H,19,23)/t16-,17-/m1/s1. The fourth-order valence-electron chi connectivity index (χ4n) is 3.64. The van der Waals surface area contributed by atoms with Crippen LogP contribution in [0.1, 0.15) is 36.6 Å². The Labute approximate surface area is 143 Å². The third-order valence-corrected chi connectivity index (χ3v) is 5.15. The van der Waals surface area contributed by atoms with E-state index in [1.807, 2.05) is 12.1 Å². The first-order valence-electron chi connectivity index (χ1n) is 8.83. The Balaban J connectivity index is 1.55. The third kappa shape index (κ3) is 4.12. The van der Waals surface area contributed by atoms with Crippen molar-refractivity contribution >= 4 is 5.91 Å². The summed E-state index contributed by atoms with van der Waals surface area (Å²) in [6.07, 6.45) is 2.90. The van der Waals surface area contributed by atoms with Crippen LogP contribution in [0.3, 0.4) is 0 Å². The highest BCUT2D eigenvalue weighted by Gasteiger charge is 2.34. The molecule has 2 saturated heterocycles. The summed E-state index contributed by atoms with van der Waals surface area (Å²) in [7, 11) is 1.66. The molecule has 0 spiro atoms. The van der Waals surface area contributed by atoms with Crippen molar-refractivity contribution in [1.82, 2.24) is 15.2 Å². The zero-order valence-corrected chi connectivity index (χ0v) is 14.3. The number of aryl methyl sites for hydroxylation is 1. The molecule has 2 aliphatic heterocycles. The van der Waals surface area contributed by atoms with Gasteiger partial charge in [-0.1, -0.05) is 6.07 Å². The largest absolute Gasteiger partial charge is 0.389 e. The molecule has 0 aromatic carbocycles. The van der Waals surface area contributed by atoms with Crippen LogP contribution >= 0.6 is 0 Å². The van der Waals surface area contributed by atoms with Crippen molar-refractivity contribution < 1.29 is 14.6 Å². The van der Waals surface area contributed by atoms with Gasteiger partial charge >= 0.3 is 0 Å². The number of aromatic nitrogens is 1. The molecule has 0 radical (unpaired) electrons. The summed E-state index contributed by atoms with van der Waals surface area (Å²) in [5, 5.41) is 12.6. The molecule has 1 aromatic rings. The first kappa shape index (κ1) is 17.3. The quantitative estimate of drug-likeness (QED) is 0.830. The lowest BCUT2D eigenvalue weighted by molar-refractivity contribution is -0.120. The number of hydrogen-bond donors (Lipinski definition) is 2. The average molecular weight is 333 g/mol. The highest BCUT2D eigenvalue weighted by atomic mass is 16.5. The second-order valence-electron chi connectivity index (χ2n) is 6.71. The van der Waals surface area contributed by atoms with Crippen molar-refractivity contribution in [2.24, 2.45) is 0 Å². The fourth-order valence-corrected chi connectivity index (χ4v) is 3.64. The first-order valence-corrected chi connectivity index (χ1v) is 8.83. The highest BCUT2D eigenvalue weighted by molar-refractivity contribution is 5.75. The van der Waals surface area contributed by atoms with Gasteiger partial charge in [0.25, 0.3) is 0 Å². The number of piperidine rings is 1. The number of ether oxygens (including phenoxy) is 1. The molecule has 0 aliphatic carbocycles.